The van der Waals surface area contributed by atoms with Gasteiger partial charge in [-0.15, -0.1) is 11.3 Å². The van der Waals surface area contributed by atoms with Crippen molar-refractivity contribution in [2.45, 2.75) is 0 Å². The van der Waals surface area contributed by atoms with Gasteiger partial charge in [0.25, 0.3) is 0 Å². The molecule has 0 fully saturated rings. The van der Waals surface area contributed by atoms with Gasteiger partial charge in [0, 0.05) is 53.7 Å². The number of nitrogens with zero attached hydrogens (tertiary/aromatic N) is 5. The third-order valence-electron chi connectivity index (χ3n) is 12.4. The zero-order valence-corrected chi connectivity index (χ0v) is 34.7. The van der Waals surface area contributed by atoms with Crippen LogP contribution in [0.15, 0.2) is 212 Å². The van der Waals surface area contributed by atoms with Crippen molar-refractivity contribution >= 4 is 75.1 Å². The van der Waals surface area contributed by atoms with E-state index in [0.29, 0.717) is 17.5 Å². The fourth-order valence-corrected chi connectivity index (χ4v) is 11.0. The molecule has 5 nitrogen and oxygen atoms in total. The zero-order valence-electron chi connectivity index (χ0n) is 33.9. The van der Waals surface area contributed by atoms with E-state index in [1.807, 2.05) is 47.7 Å². The molecule has 0 aliphatic rings. The quantitative estimate of drug-likeness (QED) is 0.168. The average Bonchev–Trinajstić information content (AvgIpc) is 4.02. The lowest BCUT2D eigenvalue weighted by atomic mass is 9.91. The molecule has 13 rings (SSSR count). The van der Waals surface area contributed by atoms with Gasteiger partial charge < -0.3 is 9.13 Å². The smallest absolute Gasteiger partial charge is 0.166 e. The maximum atomic E-state index is 5.59. The predicted molar refractivity (Wildman–Crippen MR) is 263 cm³/mol. The molecule has 0 bridgehead atoms. The van der Waals surface area contributed by atoms with Crippen molar-refractivity contribution in [1.29, 1.82) is 0 Å². The van der Waals surface area contributed by atoms with Crippen LogP contribution in [-0.2, 0) is 0 Å². The van der Waals surface area contributed by atoms with E-state index in [9.17, 15) is 0 Å². The number of thiophene rings is 1. The summed E-state index contributed by atoms with van der Waals surface area (Å²) in [7, 11) is 0. The maximum absolute atomic E-state index is 5.59. The minimum Gasteiger partial charge on any atom is -0.308 e. The summed E-state index contributed by atoms with van der Waals surface area (Å²) < 4.78 is 7.38. The first-order chi connectivity index (χ1) is 31.3. The van der Waals surface area contributed by atoms with Crippen LogP contribution in [-0.4, -0.2) is 24.1 Å². The third kappa shape index (κ3) is 5.45. The van der Waals surface area contributed by atoms with Crippen LogP contribution in [0, 0.1) is 0 Å². The molecule has 0 N–H and O–H groups in total. The van der Waals surface area contributed by atoms with Gasteiger partial charge >= 0.3 is 0 Å². The molecule has 0 unspecified atom stereocenters. The lowest BCUT2D eigenvalue weighted by Gasteiger charge is -2.24. The van der Waals surface area contributed by atoms with Gasteiger partial charge in [-0.2, -0.15) is 0 Å². The molecule has 0 aliphatic carbocycles. The Hall–Kier alpha value is -8.19. The van der Waals surface area contributed by atoms with Gasteiger partial charge in [0.2, 0.25) is 0 Å². The van der Waals surface area contributed by atoms with Gasteiger partial charge in [0.1, 0.15) is 0 Å². The molecule has 13 aromatic rings. The Kier molecular flexibility index (Phi) is 8.01. The second-order valence-corrected chi connectivity index (χ2v) is 16.9. The van der Waals surface area contributed by atoms with E-state index in [4.69, 9.17) is 15.0 Å². The first-order valence-corrected chi connectivity index (χ1v) is 22.0. The third-order valence-corrected chi connectivity index (χ3v) is 13.5. The highest BCUT2D eigenvalue weighted by atomic mass is 32.1. The predicted octanol–water partition coefficient (Wildman–Crippen LogP) is 15.1. The molecule has 0 atom stereocenters. The number of hydrogen-bond donors (Lipinski definition) is 0. The molecule has 9 aromatic carbocycles. The minimum atomic E-state index is 0.595. The molecule has 0 amide bonds. The number of hydrogen-bond acceptors (Lipinski definition) is 4. The van der Waals surface area contributed by atoms with Gasteiger partial charge in [0.05, 0.1) is 43.7 Å². The number of benzene rings is 9. The van der Waals surface area contributed by atoms with Crippen LogP contribution < -0.4 is 0 Å². The lowest BCUT2D eigenvalue weighted by Crippen LogP contribution is -2.09. The van der Waals surface area contributed by atoms with Crippen molar-refractivity contribution in [3.8, 4) is 56.7 Å². The number of para-hydroxylation sites is 4. The molecule has 0 spiro atoms. The molecule has 63 heavy (non-hydrogen) atoms. The van der Waals surface area contributed by atoms with E-state index in [0.717, 1.165) is 66.6 Å². The van der Waals surface area contributed by atoms with E-state index >= 15 is 0 Å². The highest BCUT2D eigenvalue weighted by molar-refractivity contribution is 7.26. The van der Waals surface area contributed by atoms with E-state index < -0.39 is 0 Å². The van der Waals surface area contributed by atoms with Crippen molar-refractivity contribution in [3.63, 3.8) is 0 Å². The molecule has 4 heterocycles. The van der Waals surface area contributed by atoms with E-state index in [2.05, 4.69) is 185 Å². The molecule has 0 aliphatic heterocycles. The Balaban J connectivity index is 1.34. The van der Waals surface area contributed by atoms with Gasteiger partial charge in [-0.1, -0.05) is 182 Å². The van der Waals surface area contributed by atoms with Crippen LogP contribution in [0.2, 0.25) is 0 Å². The Morgan fingerprint density at radius 3 is 1.14 bits per heavy atom. The van der Waals surface area contributed by atoms with Crippen molar-refractivity contribution in [1.82, 2.24) is 24.1 Å². The van der Waals surface area contributed by atoms with Gasteiger partial charge in [-0.3, -0.25) is 0 Å². The van der Waals surface area contributed by atoms with Crippen LogP contribution in [0.25, 0.3) is 120 Å². The lowest BCUT2D eigenvalue weighted by molar-refractivity contribution is 1.07. The van der Waals surface area contributed by atoms with Gasteiger partial charge in [-0.25, -0.2) is 15.0 Å². The topological polar surface area (TPSA) is 48.5 Å². The summed E-state index contributed by atoms with van der Waals surface area (Å²) in [5.41, 5.74) is 11.5. The summed E-state index contributed by atoms with van der Waals surface area (Å²) in [6.07, 6.45) is 0. The molecule has 4 aromatic heterocycles. The maximum Gasteiger partial charge on any atom is 0.166 e. The fourth-order valence-electron chi connectivity index (χ4n) is 9.71. The highest BCUT2D eigenvalue weighted by Crippen LogP contribution is 2.53. The monoisotopic (exact) mass is 821 g/mol. The second-order valence-electron chi connectivity index (χ2n) is 15.9. The van der Waals surface area contributed by atoms with Crippen molar-refractivity contribution in [3.05, 3.63) is 212 Å². The Bertz CT molecular complexity index is 3740. The largest absolute Gasteiger partial charge is 0.308 e. The summed E-state index contributed by atoms with van der Waals surface area (Å²) in [4.78, 5) is 16.4. The van der Waals surface area contributed by atoms with Crippen molar-refractivity contribution < 1.29 is 0 Å². The highest BCUT2D eigenvalue weighted by Gasteiger charge is 2.32. The van der Waals surface area contributed by atoms with E-state index in [-0.39, 0.29) is 0 Å². The summed E-state index contributed by atoms with van der Waals surface area (Å²) >= 11 is 1.85. The Labute approximate surface area is 366 Å². The average molecular weight is 822 g/mol. The van der Waals surface area contributed by atoms with Gasteiger partial charge in [-0.05, 0) is 35.9 Å². The molecule has 6 heteroatoms. The van der Waals surface area contributed by atoms with Crippen molar-refractivity contribution in [2.24, 2.45) is 0 Å². The molecular weight excluding hydrogens is 787 g/mol. The van der Waals surface area contributed by atoms with Crippen LogP contribution >= 0.6 is 11.3 Å². The fraction of sp³-hybridized carbons (Fsp3) is 0. The first kappa shape index (κ1) is 35.6. The van der Waals surface area contributed by atoms with Crippen molar-refractivity contribution in [2.75, 3.05) is 0 Å². The second kappa shape index (κ2) is 14.2. The van der Waals surface area contributed by atoms with Crippen LogP contribution in [0.5, 0.6) is 0 Å². The Morgan fingerprint density at radius 2 is 0.667 bits per heavy atom. The molecule has 0 saturated heterocycles. The van der Waals surface area contributed by atoms with E-state index in [1.54, 1.807) is 0 Å². The summed E-state index contributed by atoms with van der Waals surface area (Å²) in [5, 5.41) is 7.10. The molecule has 294 valence electrons. The zero-order chi connectivity index (χ0) is 41.4. The Morgan fingerprint density at radius 1 is 0.302 bits per heavy atom. The summed E-state index contributed by atoms with van der Waals surface area (Å²) in [5.74, 6) is 1.82. The van der Waals surface area contributed by atoms with Crippen LogP contribution in [0.4, 0.5) is 0 Å². The normalized spacial score (nSPS) is 11.8. The first-order valence-electron chi connectivity index (χ1n) is 21.2. The summed E-state index contributed by atoms with van der Waals surface area (Å²) in [6.45, 7) is 0. The minimum absolute atomic E-state index is 0.595. The summed E-state index contributed by atoms with van der Waals surface area (Å²) in [6, 6.07) is 75.5. The number of fused-ring (bicyclic) bond motifs is 9. The SMILES string of the molecule is c1ccc(-c2nc(-c3ccccc3)nc(-c3c(-c4ccccc4)c(-n4c5ccccc5c5ccccc54)c4sc5ccccc5c4c3-n3c4ccccc4c4ccccc43)n2)cc1. The molecule has 0 radical (unpaired) electrons. The number of aromatic nitrogens is 5. The van der Waals surface area contributed by atoms with Gasteiger partial charge in [0.15, 0.2) is 17.5 Å². The van der Waals surface area contributed by atoms with E-state index in [1.165, 1.54) is 36.3 Å². The number of rotatable bonds is 6. The standard InChI is InChI=1S/C57H35N5S/c1-4-20-36(21-5-1)49-51(57-59-55(37-22-6-2-7-23-37)58-56(60-57)38-24-8-3-9-25-38)52(61-44-31-15-10-26-39(44)40-27-11-16-32-45(40)61)50-43-30-14-19-35-48(43)63-54(50)53(49)62-46-33-17-12-28-41(46)42-29-13-18-34-47(42)62/h1-35H. The van der Waals surface area contributed by atoms with Crippen LogP contribution in [0.1, 0.15) is 0 Å². The van der Waals surface area contributed by atoms with Crippen LogP contribution in [0.3, 0.4) is 0 Å². The molecular formula is C57H35N5S. The molecule has 0 saturated carbocycles.